The van der Waals surface area contributed by atoms with Crippen LogP contribution in [0.15, 0.2) is 132 Å². The van der Waals surface area contributed by atoms with Crippen molar-refractivity contribution in [2.75, 3.05) is 19.8 Å². The standard InChI is InChI=1S/C14H15NO2.C13H13NO3.C12H13NO3.C11H10BrNO2.C11H9NO3.CH3B.BH2P.BS/c1-4-17-14(16)13-8-11-10(9(2)3)6-5-7-12(11)15-13;1-3-17-13(16)12-7-10-9(8(2)15)5-4-6-11(10)14-12;1-12(2,16)8-4-3-5-9-7(8)6-10(13-9)11(14)15;1-2-15-11(14)10-6-7-8(12)4-3-5-9(7)13-10;1-6(13)7-3-2-4-9-8(7)5-10(12-9)11(14)15;3*1-2/h5-8,15H,2,4H2,1,3H3;4-7,14H,3H2,1-2H3;3-6,13,16H,1-2H3,(H,14,15);3-6,13H,2H2,1H3;2-5,12H,1H3,(H,14,15);1H3;2H2;. The van der Waals surface area contributed by atoms with Gasteiger partial charge in [0.05, 0.1) is 40.8 Å². The second-order valence-corrected chi connectivity index (χ2v) is 19.3. The molecule has 86 heavy (non-hydrogen) atoms. The third kappa shape index (κ3) is 19.0. The summed E-state index contributed by atoms with van der Waals surface area (Å²) in [5.41, 5.74) is 8.46. The third-order valence-electron chi connectivity index (χ3n) is 12.1. The summed E-state index contributed by atoms with van der Waals surface area (Å²) in [5.74, 6) is -3.17. The normalized spacial score (nSPS) is 10.2. The Hall–Kier alpha value is -8.49. The number of hydrogen-bond donors (Lipinski definition) is 8. The molecule has 0 fully saturated rings. The van der Waals surface area contributed by atoms with Crippen LogP contribution < -0.4 is 0 Å². The number of H-pyrrole nitrogens is 5. The number of aliphatic hydroxyl groups is 1. The first kappa shape index (κ1) is 71.8. The van der Waals surface area contributed by atoms with Gasteiger partial charge in [0.2, 0.25) is 0 Å². The average Bonchev–Trinajstić information content (AvgIpc) is 2.07. The Morgan fingerprint density at radius 1 is 0.500 bits per heavy atom. The molecule has 0 saturated heterocycles. The van der Waals surface area contributed by atoms with Crippen molar-refractivity contribution in [1.29, 1.82) is 0 Å². The Morgan fingerprint density at radius 2 is 0.779 bits per heavy atom. The van der Waals surface area contributed by atoms with Crippen molar-refractivity contribution in [3.8, 4) is 0 Å². The summed E-state index contributed by atoms with van der Waals surface area (Å²) in [6.07, 6.45) is 0. The van der Waals surface area contributed by atoms with Crippen LogP contribution in [0.2, 0.25) is 6.82 Å². The molecule has 0 aliphatic heterocycles. The molecule has 8 N–H and O–H groups in total. The molecular formula is C62H65B3BrN5O13PS. The van der Waals surface area contributed by atoms with Crippen LogP contribution in [0.3, 0.4) is 0 Å². The summed E-state index contributed by atoms with van der Waals surface area (Å²) in [6, 6.07) is 35.8. The number of aromatic nitrogens is 5. The van der Waals surface area contributed by atoms with Crippen LogP contribution in [0, 0.1) is 0 Å². The molecule has 0 spiro atoms. The quantitative estimate of drug-likeness (QED) is 0.0186. The minimum Gasteiger partial charge on any atom is -0.187 e. The van der Waals surface area contributed by atoms with Gasteiger partial charge in [-0.15, -0.1) is 0 Å². The number of nitrogens with one attached hydrogen (secondary N) is 5. The summed E-state index contributed by atoms with van der Waals surface area (Å²) in [4.78, 5) is 93.5. The number of halogens is 1. The maximum atomic E-state index is 11.6. The number of carbonyl (C=O) groups is 7. The van der Waals surface area contributed by atoms with Crippen molar-refractivity contribution >= 4 is 161 Å². The number of esters is 3. The van der Waals surface area contributed by atoms with Crippen molar-refractivity contribution in [1.82, 2.24) is 24.9 Å². The number of fused-ring (bicyclic) bond motifs is 5. The first-order valence-electron chi connectivity index (χ1n) is 26.2. The number of benzene rings is 5. The minimum atomic E-state index is -1.03. The summed E-state index contributed by atoms with van der Waals surface area (Å²) < 4.78 is 15.7. The van der Waals surface area contributed by atoms with Crippen LogP contribution in [0.5, 0.6) is 0 Å². The van der Waals surface area contributed by atoms with Gasteiger partial charge in [-0.05, 0) is 133 Å². The molecule has 0 amide bonds. The van der Waals surface area contributed by atoms with Crippen LogP contribution in [0.1, 0.15) is 140 Å². The van der Waals surface area contributed by atoms with E-state index in [2.05, 4.69) is 81.6 Å². The van der Waals surface area contributed by atoms with Gasteiger partial charge in [-0.25, -0.2) is 24.0 Å². The maximum Gasteiger partial charge on any atom is 0.0996 e. The molecule has 0 bridgehead atoms. The molecule has 5 aromatic heterocycles. The molecular weight excluding hydrogens is 1200 g/mol. The van der Waals surface area contributed by atoms with E-state index in [-0.39, 0.29) is 34.9 Å². The molecule has 5 aromatic carbocycles. The van der Waals surface area contributed by atoms with Crippen molar-refractivity contribution < 1.29 is 63.1 Å². The van der Waals surface area contributed by atoms with Crippen LogP contribution in [-0.4, -0.2) is 124 Å². The summed E-state index contributed by atoms with van der Waals surface area (Å²) in [7, 11) is 10.8. The van der Waals surface area contributed by atoms with Crippen LogP contribution >= 0.6 is 37.1 Å². The number of Topliss-reactive ketones (excluding diaryl/α,β-unsaturated/α-hetero) is 2. The van der Waals surface area contributed by atoms with Gasteiger partial charge in [0.1, 0.15) is 28.5 Å². The first-order chi connectivity index (χ1) is 41.0. The average molecular weight is 1260 g/mol. The van der Waals surface area contributed by atoms with E-state index in [9.17, 15) is 38.7 Å². The number of carboxylic acid groups (broad SMARTS) is 2. The topological polar surface area (TPSA) is 287 Å². The largest absolute Gasteiger partial charge is 0.187 e. The second-order valence-electron chi connectivity index (χ2n) is 18.4. The predicted molar refractivity (Wildman–Crippen MR) is 351 cm³/mol. The van der Waals surface area contributed by atoms with E-state index in [1.165, 1.54) is 26.7 Å². The Kier molecular flexibility index (Phi) is 28.8. The van der Waals surface area contributed by atoms with E-state index in [0.717, 1.165) is 59.2 Å². The Morgan fingerprint density at radius 3 is 1.10 bits per heavy atom. The Bertz CT molecular complexity index is 3910. The number of carboxylic acids is 2. The number of hydrogen-bond acceptors (Lipinski definition) is 12. The Labute approximate surface area is 516 Å². The van der Waals surface area contributed by atoms with Gasteiger partial charge in [-0.1, -0.05) is 89.5 Å². The molecule has 1 unspecified atom stereocenters. The van der Waals surface area contributed by atoms with E-state index in [1.54, 1.807) is 101 Å². The number of ether oxygens (including phenoxy) is 3. The molecule has 0 saturated carbocycles. The molecule has 10 aromatic rings. The van der Waals surface area contributed by atoms with Crippen LogP contribution in [-0.2, 0) is 19.8 Å². The minimum absolute atomic E-state index is 0.0231. The van der Waals surface area contributed by atoms with Crippen LogP contribution in [0.25, 0.3) is 60.1 Å². The van der Waals surface area contributed by atoms with E-state index >= 15 is 0 Å². The van der Waals surface area contributed by atoms with Crippen molar-refractivity contribution in [2.24, 2.45) is 0 Å². The van der Waals surface area contributed by atoms with Gasteiger partial charge >= 0.3 is 48.6 Å². The summed E-state index contributed by atoms with van der Waals surface area (Å²) in [5, 5.41) is 31.8. The van der Waals surface area contributed by atoms with Gasteiger partial charge in [0, 0.05) is 70.1 Å². The number of allylic oxidation sites excluding steroid dienone is 1. The molecule has 5 radical (unpaired) electrons. The predicted octanol–water partition coefficient (Wildman–Crippen LogP) is 13.6. The fourth-order valence-corrected chi connectivity index (χ4v) is 8.93. The third-order valence-corrected chi connectivity index (χ3v) is 12.8. The molecule has 10 rings (SSSR count). The first-order valence-corrected chi connectivity index (χ1v) is 28.2. The molecule has 1 atom stereocenters. The zero-order chi connectivity index (χ0) is 64.6. The number of aromatic amines is 5. The van der Waals surface area contributed by atoms with Crippen LogP contribution in [0.4, 0.5) is 0 Å². The molecule has 443 valence electrons. The summed E-state index contributed by atoms with van der Waals surface area (Å²) >= 11 is 7.01. The summed E-state index contributed by atoms with van der Waals surface area (Å²) in [6.45, 7) is 24.2. The molecule has 0 aliphatic carbocycles. The Balaban J connectivity index is 0.000000275. The molecule has 5 heterocycles. The SMILES string of the molecule is C=C(C)c1cccc2[nH]c(C(=O)OCC)cc12.CC(=O)c1cccc2[nH]c(C(=O)O)cc12.CC(C)(O)c1cccc2[nH]c(C(=O)O)cc12.CCOC(=O)c1cc2c(Br)cccc2[nH]1.CCOC(=O)c1cc2c(C(C)=O)cccc2[nH]1.[B]=S.[B]C.[B]P. The van der Waals surface area contributed by atoms with Gasteiger partial charge in [0.15, 0.2) is 11.6 Å². The van der Waals surface area contributed by atoms with Crippen molar-refractivity contribution in [2.45, 2.75) is 67.8 Å². The fraction of sp³-hybridized carbons (Fsp3) is 0.210. The molecule has 18 nitrogen and oxygen atoms in total. The number of ketones is 2. The fourth-order valence-electron chi connectivity index (χ4n) is 8.45. The maximum absolute atomic E-state index is 11.6. The number of aromatic carboxylic acids is 2. The van der Waals surface area contributed by atoms with Crippen molar-refractivity contribution in [3.63, 3.8) is 0 Å². The number of rotatable bonds is 12. The zero-order valence-electron chi connectivity index (χ0n) is 48.9. The molecule has 0 aliphatic rings. The zero-order valence-corrected chi connectivity index (χ0v) is 52.5. The van der Waals surface area contributed by atoms with Gasteiger partial charge in [-0.2, -0.15) is 9.12 Å². The van der Waals surface area contributed by atoms with E-state index < -0.39 is 23.5 Å². The van der Waals surface area contributed by atoms with Gasteiger partial charge < -0.3 is 54.5 Å². The van der Waals surface area contributed by atoms with E-state index in [4.69, 9.17) is 24.4 Å². The second kappa shape index (κ2) is 34.5. The molecule has 24 heteroatoms. The van der Waals surface area contributed by atoms with E-state index in [0.29, 0.717) is 64.5 Å². The van der Waals surface area contributed by atoms with Gasteiger partial charge in [-0.3, -0.25) is 9.59 Å². The number of carbonyl (C=O) groups excluding carboxylic acids is 5. The van der Waals surface area contributed by atoms with Crippen molar-refractivity contribution in [3.05, 3.63) is 183 Å². The monoisotopic (exact) mass is 1260 g/mol. The smallest absolute Gasteiger partial charge is 0.0996 e. The van der Waals surface area contributed by atoms with E-state index in [1.807, 2.05) is 64.6 Å². The van der Waals surface area contributed by atoms with Gasteiger partial charge in [0.25, 0.3) is 0 Å².